The number of aliphatic hydroxyl groups excluding tert-OH is 1. The maximum Gasteiger partial charge on any atom is 0.321 e. The topological polar surface area (TPSA) is 114 Å². The Balaban J connectivity index is 1.54. The molecule has 0 unspecified atom stereocenters. The van der Waals surface area contributed by atoms with Crippen LogP contribution >= 0.6 is 0 Å². The minimum absolute atomic E-state index is 0.132. The van der Waals surface area contributed by atoms with Gasteiger partial charge in [0.15, 0.2) is 0 Å². The molecule has 230 valence electrons. The van der Waals surface area contributed by atoms with E-state index in [0.29, 0.717) is 30.0 Å². The van der Waals surface area contributed by atoms with Crippen molar-refractivity contribution < 1.29 is 24.2 Å². The number of benzene rings is 3. The molecule has 10 nitrogen and oxygen atoms in total. The van der Waals surface area contributed by atoms with E-state index in [4.69, 9.17) is 4.74 Å². The number of nitrogens with one attached hydrogen (secondary N) is 2. The Hall–Kier alpha value is -4.15. The van der Waals surface area contributed by atoms with E-state index in [1.54, 1.807) is 42.0 Å². The first-order valence-electron chi connectivity index (χ1n) is 14.7. The van der Waals surface area contributed by atoms with E-state index in [0.717, 1.165) is 29.4 Å². The Labute approximate surface area is 253 Å². The van der Waals surface area contributed by atoms with Crippen molar-refractivity contribution in [3.63, 3.8) is 0 Å². The highest BCUT2D eigenvalue weighted by molar-refractivity contribution is 6.02. The van der Waals surface area contributed by atoms with Crippen LogP contribution in [0.25, 0.3) is 10.8 Å². The largest absolute Gasteiger partial charge is 0.487 e. The zero-order chi connectivity index (χ0) is 31.1. The fourth-order valence-electron chi connectivity index (χ4n) is 5.20. The fraction of sp³-hybridized carbons (Fsp3) is 0.424. The van der Waals surface area contributed by atoms with Crippen LogP contribution in [0.2, 0.25) is 0 Å². The molecule has 0 saturated heterocycles. The van der Waals surface area contributed by atoms with Crippen LogP contribution in [-0.4, -0.2) is 97.2 Å². The van der Waals surface area contributed by atoms with Gasteiger partial charge in [-0.25, -0.2) is 4.79 Å². The van der Waals surface area contributed by atoms with Crippen molar-refractivity contribution in [1.82, 2.24) is 14.7 Å². The van der Waals surface area contributed by atoms with E-state index in [2.05, 4.69) is 10.6 Å². The molecule has 1 aliphatic heterocycles. The Morgan fingerprint density at radius 2 is 1.81 bits per heavy atom. The summed E-state index contributed by atoms with van der Waals surface area (Å²) in [6.45, 7) is 4.95. The zero-order valence-corrected chi connectivity index (χ0v) is 25.7. The van der Waals surface area contributed by atoms with Crippen molar-refractivity contribution >= 4 is 40.0 Å². The Bertz CT molecular complexity index is 1440. The third kappa shape index (κ3) is 8.03. The molecule has 10 heteroatoms. The molecule has 0 aliphatic carbocycles. The van der Waals surface area contributed by atoms with E-state index in [1.807, 2.05) is 68.4 Å². The van der Waals surface area contributed by atoms with Crippen LogP contribution in [0.3, 0.4) is 0 Å². The maximum absolute atomic E-state index is 13.7. The van der Waals surface area contributed by atoms with Gasteiger partial charge < -0.3 is 35.2 Å². The SMILES string of the molecule is C[C@H]1CN([C@@H](C)CO)C(=O)c2cc(NC(=O)CCCN(C)C)ccc2O[C@@H]1CN(C)C(=O)Nc1cccc2ccccc12. The standard InChI is InChI=1S/C33H43N5O5/c1-22-19-38(23(2)21-39)32(41)27-18-25(34-31(40)14-9-17-36(3)4)15-16-29(27)43-30(22)20-37(5)33(42)35-28-13-8-11-24-10-6-7-12-26(24)28/h6-8,10-13,15-16,18,22-23,30,39H,9,14,17,19-21H2,1-5H3,(H,34,40)(H,35,42)/t22-,23-,30+/m0/s1. The van der Waals surface area contributed by atoms with Crippen molar-refractivity contribution in [1.29, 1.82) is 0 Å². The van der Waals surface area contributed by atoms with Gasteiger partial charge >= 0.3 is 6.03 Å². The molecule has 0 bridgehead atoms. The van der Waals surface area contributed by atoms with Crippen molar-refractivity contribution in [3.05, 3.63) is 66.2 Å². The van der Waals surface area contributed by atoms with Crippen molar-refractivity contribution in [2.75, 3.05) is 58.0 Å². The summed E-state index contributed by atoms with van der Waals surface area (Å²) < 4.78 is 6.42. The van der Waals surface area contributed by atoms with Gasteiger partial charge in [0.1, 0.15) is 11.9 Å². The number of hydrogen-bond acceptors (Lipinski definition) is 6. The van der Waals surface area contributed by atoms with E-state index in [9.17, 15) is 19.5 Å². The van der Waals surface area contributed by atoms with Gasteiger partial charge in [-0.15, -0.1) is 0 Å². The van der Waals surface area contributed by atoms with Crippen LogP contribution in [0.5, 0.6) is 5.75 Å². The molecule has 0 spiro atoms. The molecule has 3 aromatic rings. The fourth-order valence-corrected chi connectivity index (χ4v) is 5.20. The Kier molecular flexibility index (Phi) is 10.6. The molecule has 0 radical (unpaired) electrons. The van der Waals surface area contributed by atoms with Gasteiger partial charge in [-0.05, 0) is 63.6 Å². The molecule has 1 aliphatic rings. The summed E-state index contributed by atoms with van der Waals surface area (Å²) in [6.07, 6.45) is 0.629. The lowest BCUT2D eigenvalue weighted by molar-refractivity contribution is -0.116. The van der Waals surface area contributed by atoms with Crippen LogP contribution in [0.4, 0.5) is 16.2 Å². The minimum atomic E-state index is -0.449. The van der Waals surface area contributed by atoms with Gasteiger partial charge in [0.25, 0.3) is 5.91 Å². The first-order chi connectivity index (χ1) is 20.6. The van der Waals surface area contributed by atoms with Gasteiger partial charge in [-0.3, -0.25) is 9.59 Å². The molecule has 3 aromatic carbocycles. The quantitative estimate of drug-likeness (QED) is 0.321. The van der Waals surface area contributed by atoms with Crippen LogP contribution in [0.15, 0.2) is 60.7 Å². The highest BCUT2D eigenvalue weighted by atomic mass is 16.5. The van der Waals surface area contributed by atoms with Crippen LogP contribution in [-0.2, 0) is 4.79 Å². The first-order valence-corrected chi connectivity index (χ1v) is 14.7. The second-order valence-electron chi connectivity index (χ2n) is 11.6. The smallest absolute Gasteiger partial charge is 0.321 e. The molecule has 4 amide bonds. The number of urea groups is 1. The number of amides is 4. The van der Waals surface area contributed by atoms with Gasteiger partial charge in [0.2, 0.25) is 5.91 Å². The molecule has 3 N–H and O–H groups in total. The number of likely N-dealkylation sites (N-methyl/N-ethyl adjacent to an activating group) is 1. The molecule has 0 saturated carbocycles. The second kappa shape index (κ2) is 14.3. The lowest BCUT2D eigenvalue weighted by Crippen LogP contribution is -2.50. The van der Waals surface area contributed by atoms with Gasteiger partial charge in [0.05, 0.1) is 30.4 Å². The lowest BCUT2D eigenvalue weighted by Gasteiger charge is -2.38. The maximum atomic E-state index is 13.7. The summed E-state index contributed by atoms with van der Waals surface area (Å²) in [5.74, 6) is -0.209. The summed E-state index contributed by atoms with van der Waals surface area (Å²) in [7, 11) is 5.63. The molecule has 0 fully saturated rings. The Morgan fingerprint density at radius 3 is 2.56 bits per heavy atom. The average molecular weight is 590 g/mol. The van der Waals surface area contributed by atoms with Crippen molar-refractivity contribution in [2.45, 2.75) is 38.8 Å². The predicted molar refractivity (Wildman–Crippen MR) is 170 cm³/mol. The van der Waals surface area contributed by atoms with Gasteiger partial charge in [-0.1, -0.05) is 43.3 Å². The number of carbonyl (C=O) groups is 3. The normalized spacial score (nSPS) is 17.5. The first kappa shape index (κ1) is 31.8. The highest BCUT2D eigenvalue weighted by Gasteiger charge is 2.34. The van der Waals surface area contributed by atoms with E-state index in [-0.39, 0.29) is 36.9 Å². The number of rotatable bonds is 10. The van der Waals surface area contributed by atoms with Crippen molar-refractivity contribution in [2.24, 2.45) is 5.92 Å². The zero-order valence-electron chi connectivity index (χ0n) is 25.7. The summed E-state index contributed by atoms with van der Waals surface area (Å²) in [5, 5.41) is 17.8. The predicted octanol–water partition coefficient (Wildman–Crippen LogP) is 4.50. The minimum Gasteiger partial charge on any atom is -0.487 e. The number of ether oxygens (including phenoxy) is 1. The number of aliphatic hydroxyl groups is 1. The molecule has 1 heterocycles. The molecule has 0 aromatic heterocycles. The Morgan fingerprint density at radius 1 is 1.07 bits per heavy atom. The van der Waals surface area contributed by atoms with Gasteiger partial charge in [-0.2, -0.15) is 0 Å². The summed E-state index contributed by atoms with van der Waals surface area (Å²) in [5.41, 5.74) is 1.52. The third-order valence-electron chi connectivity index (χ3n) is 7.79. The summed E-state index contributed by atoms with van der Waals surface area (Å²) >= 11 is 0. The molecule has 4 rings (SSSR count). The number of fused-ring (bicyclic) bond motifs is 2. The van der Waals surface area contributed by atoms with Crippen LogP contribution in [0, 0.1) is 5.92 Å². The number of hydrogen-bond donors (Lipinski definition) is 3. The number of nitrogens with zero attached hydrogens (tertiary/aromatic N) is 3. The molecule has 43 heavy (non-hydrogen) atoms. The summed E-state index contributed by atoms with van der Waals surface area (Å²) in [4.78, 5) is 44.8. The highest BCUT2D eigenvalue weighted by Crippen LogP contribution is 2.31. The van der Waals surface area contributed by atoms with E-state index >= 15 is 0 Å². The molecular formula is C33H43N5O5. The lowest BCUT2D eigenvalue weighted by atomic mass is 9.99. The summed E-state index contributed by atoms with van der Waals surface area (Å²) in [6, 6.07) is 18.0. The van der Waals surface area contributed by atoms with Crippen LogP contribution in [0.1, 0.15) is 37.0 Å². The van der Waals surface area contributed by atoms with E-state index in [1.165, 1.54) is 0 Å². The number of carbonyl (C=O) groups excluding carboxylic acids is 3. The van der Waals surface area contributed by atoms with Crippen molar-refractivity contribution in [3.8, 4) is 5.75 Å². The average Bonchev–Trinajstić information content (AvgIpc) is 2.98. The van der Waals surface area contributed by atoms with Gasteiger partial charge in [0, 0.05) is 37.0 Å². The number of anilines is 2. The van der Waals surface area contributed by atoms with Crippen LogP contribution < -0.4 is 15.4 Å². The second-order valence-corrected chi connectivity index (χ2v) is 11.6. The third-order valence-corrected chi connectivity index (χ3v) is 7.79. The van der Waals surface area contributed by atoms with E-state index < -0.39 is 12.1 Å². The molecule has 3 atom stereocenters. The monoisotopic (exact) mass is 589 g/mol. The molecular weight excluding hydrogens is 546 g/mol.